The van der Waals surface area contributed by atoms with Crippen LogP contribution in [0.1, 0.15) is 9.67 Å². The summed E-state index contributed by atoms with van der Waals surface area (Å²) >= 11 is 4.64. The number of halogens is 1. The van der Waals surface area contributed by atoms with E-state index in [2.05, 4.69) is 21.2 Å². The van der Waals surface area contributed by atoms with Gasteiger partial charge in [0.25, 0.3) is 5.91 Å². The number of carbonyl (C=O) groups excluding carboxylic acids is 2. The largest absolute Gasteiger partial charge is 0.358 e. The van der Waals surface area contributed by atoms with E-state index in [4.69, 9.17) is 0 Å². The Hall–Kier alpha value is -0.880. The second-order valence-electron chi connectivity index (χ2n) is 2.94. The summed E-state index contributed by atoms with van der Waals surface area (Å²) in [7, 11) is 3.15. The molecule has 4 nitrogen and oxygen atoms in total. The number of nitrogens with zero attached hydrogens (tertiary/aromatic N) is 1. The summed E-state index contributed by atoms with van der Waals surface area (Å²) in [5.41, 5.74) is 0. The molecule has 15 heavy (non-hydrogen) atoms. The summed E-state index contributed by atoms with van der Waals surface area (Å²) in [4.78, 5) is 24.8. The average molecular weight is 291 g/mol. The zero-order valence-corrected chi connectivity index (χ0v) is 10.8. The second kappa shape index (κ2) is 5.27. The minimum atomic E-state index is -0.179. The van der Waals surface area contributed by atoms with Gasteiger partial charge in [0.15, 0.2) is 0 Å². The lowest BCUT2D eigenvalue weighted by Gasteiger charge is -2.14. The van der Waals surface area contributed by atoms with Gasteiger partial charge in [0.05, 0.1) is 15.2 Å². The number of likely N-dealkylation sites (N-methyl/N-ethyl adjacent to an activating group) is 2. The Kier molecular flexibility index (Phi) is 4.28. The Bertz CT molecular complexity index is 378. The maximum absolute atomic E-state index is 11.7. The SMILES string of the molecule is CNC(=O)CN(C)C(=O)c1ccc(Br)s1. The highest BCUT2D eigenvalue weighted by Gasteiger charge is 2.15. The molecule has 0 atom stereocenters. The summed E-state index contributed by atoms with van der Waals surface area (Å²) in [6.45, 7) is 0.0743. The van der Waals surface area contributed by atoms with Crippen molar-refractivity contribution in [3.63, 3.8) is 0 Å². The maximum atomic E-state index is 11.7. The fraction of sp³-hybridized carbons (Fsp3) is 0.333. The number of carbonyl (C=O) groups is 2. The fourth-order valence-corrected chi connectivity index (χ4v) is 2.36. The zero-order valence-electron chi connectivity index (χ0n) is 8.41. The van der Waals surface area contributed by atoms with E-state index in [9.17, 15) is 9.59 Å². The van der Waals surface area contributed by atoms with Crippen molar-refractivity contribution < 1.29 is 9.59 Å². The van der Waals surface area contributed by atoms with Crippen LogP contribution in [-0.2, 0) is 4.79 Å². The highest BCUT2D eigenvalue weighted by Crippen LogP contribution is 2.22. The van der Waals surface area contributed by atoms with Gasteiger partial charge >= 0.3 is 0 Å². The third-order valence-electron chi connectivity index (χ3n) is 1.79. The van der Waals surface area contributed by atoms with E-state index in [1.165, 1.54) is 16.2 Å². The van der Waals surface area contributed by atoms with Crippen LogP contribution < -0.4 is 5.32 Å². The van der Waals surface area contributed by atoms with Crippen molar-refractivity contribution in [3.8, 4) is 0 Å². The van der Waals surface area contributed by atoms with Crippen LogP contribution in [-0.4, -0.2) is 37.4 Å². The Morgan fingerprint density at radius 2 is 2.20 bits per heavy atom. The molecule has 0 saturated heterocycles. The lowest BCUT2D eigenvalue weighted by Crippen LogP contribution is -2.36. The topological polar surface area (TPSA) is 49.4 Å². The number of hydrogen-bond donors (Lipinski definition) is 1. The van der Waals surface area contributed by atoms with E-state index in [0.29, 0.717) is 4.88 Å². The molecule has 0 spiro atoms. The standard InChI is InChI=1S/C9H11BrN2O2S/c1-11-8(13)5-12(2)9(14)6-3-4-7(10)15-6/h3-4H,5H2,1-2H3,(H,11,13). The first-order valence-corrected chi connectivity index (χ1v) is 5.87. The van der Waals surface area contributed by atoms with Crippen molar-refractivity contribution >= 4 is 39.1 Å². The van der Waals surface area contributed by atoms with Gasteiger partial charge in [0, 0.05) is 14.1 Å². The first-order chi connectivity index (χ1) is 7.04. The summed E-state index contributed by atoms with van der Waals surface area (Å²) in [5, 5.41) is 2.47. The minimum absolute atomic E-state index is 0.0743. The van der Waals surface area contributed by atoms with Crippen molar-refractivity contribution in [3.05, 3.63) is 20.8 Å². The van der Waals surface area contributed by atoms with Crippen LogP contribution in [0.2, 0.25) is 0 Å². The highest BCUT2D eigenvalue weighted by atomic mass is 79.9. The van der Waals surface area contributed by atoms with Crippen molar-refractivity contribution in [2.24, 2.45) is 0 Å². The maximum Gasteiger partial charge on any atom is 0.264 e. The molecule has 0 saturated carbocycles. The number of nitrogens with one attached hydrogen (secondary N) is 1. The van der Waals surface area contributed by atoms with Crippen LogP contribution in [0.3, 0.4) is 0 Å². The highest BCUT2D eigenvalue weighted by molar-refractivity contribution is 9.11. The summed E-state index contributed by atoms with van der Waals surface area (Å²) in [6.07, 6.45) is 0. The normalized spacial score (nSPS) is 9.80. The van der Waals surface area contributed by atoms with Crippen molar-refractivity contribution in [1.82, 2.24) is 10.2 Å². The molecule has 0 unspecified atom stereocenters. The Morgan fingerprint density at radius 3 is 2.67 bits per heavy atom. The molecule has 0 aliphatic rings. The molecular weight excluding hydrogens is 280 g/mol. The molecule has 1 rings (SSSR count). The van der Waals surface area contributed by atoms with E-state index >= 15 is 0 Å². The molecule has 0 aliphatic carbocycles. The van der Waals surface area contributed by atoms with Gasteiger partial charge in [-0.1, -0.05) is 0 Å². The Labute approximate surface area is 100 Å². The van der Waals surface area contributed by atoms with Crippen LogP contribution >= 0.6 is 27.3 Å². The molecule has 1 heterocycles. The number of rotatable bonds is 3. The molecule has 1 aromatic rings. The van der Waals surface area contributed by atoms with E-state index in [1.807, 2.05) is 6.07 Å². The Balaban J connectivity index is 2.64. The molecule has 1 N–H and O–H groups in total. The molecule has 0 fully saturated rings. The van der Waals surface area contributed by atoms with Gasteiger partial charge in [-0.05, 0) is 28.1 Å². The third-order valence-corrected chi connectivity index (χ3v) is 3.40. The van der Waals surface area contributed by atoms with Crippen molar-refractivity contribution in [2.45, 2.75) is 0 Å². The predicted octanol–water partition coefficient (Wildman–Crippen LogP) is 1.33. The minimum Gasteiger partial charge on any atom is -0.358 e. The molecule has 0 aromatic carbocycles. The first kappa shape index (κ1) is 12.2. The summed E-state index contributed by atoms with van der Waals surface area (Å²) < 4.78 is 0.902. The van der Waals surface area contributed by atoms with Crippen LogP contribution in [0.25, 0.3) is 0 Å². The smallest absolute Gasteiger partial charge is 0.264 e. The monoisotopic (exact) mass is 290 g/mol. The predicted molar refractivity (Wildman–Crippen MR) is 63.0 cm³/mol. The quantitative estimate of drug-likeness (QED) is 0.913. The fourth-order valence-electron chi connectivity index (χ4n) is 0.984. The van der Waals surface area contributed by atoms with Gasteiger partial charge < -0.3 is 10.2 Å². The van der Waals surface area contributed by atoms with Gasteiger partial charge in [-0.15, -0.1) is 11.3 Å². The molecule has 1 aromatic heterocycles. The van der Waals surface area contributed by atoms with Gasteiger partial charge in [-0.3, -0.25) is 9.59 Å². The molecule has 0 radical (unpaired) electrons. The van der Waals surface area contributed by atoms with E-state index in [0.717, 1.165) is 3.79 Å². The van der Waals surface area contributed by atoms with Crippen LogP contribution in [0, 0.1) is 0 Å². The zero-order chi connectivity index (χ0) is 11.4. The Morgan fingerprint density at radius 1 is 1.53 bits per heavy atom. The lowest BCUT2D eigenvalue weighted by atomic mass is 10.4. The molecule has 0 aliphatic heterocycles. The van der Waals surface area contributed by atoms with Crippen LogP contribution in [0.4, 0.5) is 0 Å². The van der Waals surface area contributed by atoms with E-state index in [1.54, 1.807) is 20.2 Å². The second-order valence-corrected chi connectivity index (χ2v) is 5.40. The third kappa shape index (κ3) is 3.32. The molecule has 2 amide bonds. The molecule has 0 bridgehead atoms. The number of hydrogen-bond acceptors (Lipinski definition) is 3. The van der Waals surface area contributed by atoms with Crippen LogP contribution in [0.15, 0.2) is 15.9 Å². The molecule has 82 valence electrons. The van der Waals surface area contributed by atoms with Crippen molar-refractivity contribution in [1.29, 1.82) is 0 Å². The summed E-state index contributed by atoms with van der Waals surface area (Å²) in [6, 6.07) is 3.54. The van der Waals surface area contributed by atoms with E-state index in [-0.39, 0.29) is 18.4 Å². The van der Waals surface area contributed by atoms with Crippen molar-refractivity contribution in [2.75, 3.05) is 20.6 Å². The number of thiophene rings is 1. The lowest BCUT2D eigenvalue weighted by molar-refractivity contribution is -0.121. The molecular formula is C9H11BrN2O2S. The van der Waals surface area contributed by atoms with E-state index < -0.39 is 0 Å². The van der Waals surface area contributed by atoms with Gasteiger partial charge in [-0.25, -0.2) is 0 Å². The summed E-state index contributed by atoms with van der Waals surface area (Å²) in [5.74, 6) is -0.323. The first-order valence-electron chi connectivity index (χ1n) is 4.26. The average Bonchev–Trinajstić information content (AvgIpc) is 2.63. The van der Waals surface area contributed by atoms with Gasteiger partial charge in [0.2, 0.25) is 5.91 Å². The van der Waals surface area contributed by atoms with Gasteiger partial charge in [-0.2, -0.15) is 0 Å². The number of amides is 2. The molecule has 6 heteroatoms. The van der Waals surface area contributed by atoms with Gasteiger partial charge in [0.1, 0.15) is 0 Å². The van der Waals surface area contributed by atoms with Crippen LogP contribution in [0.5, 0.6) is 0 Å².